The van der Waals surface area contributed by atoms with E-state index in [1.54, 1.807) is 35.2 Å². The van der Waals surface area contributed by atoms with E-state index in [1.165, 1.54) is 6.07 Å². The molecule has 7 nitrogen and oxygen atoms in total. The molecule has 5 rings (SSSR count). The first-order chi connectivity index (χ1) is 20.0. The molecule has 1 saturated heterocycles. The number of sulfone groups is 1. The number of anilines is 1. The molecule has 1 heterocycles. The topological polar surface area (TPSA) is 95.6 Å². The SMILES string of the molecule is O=C(N[C@H]1CCN([C@H]2CC[C@@H](Nc3ccccc3)C[C@H]2CS(=O)(=O)c2ccccc2)C1=O)c1cccc(C(F)(F)F)c1. The second kappa shape index (κ2) is 12.2. The van der Waals surface area contributed by atoms with Gasteiger partial charge >= 0.3 is 6.18 Å². The van der Waals surface area contributed by atoms with Gasteiger partial charge in [0, 0.05) is 29.9 Å². The van der Waals surface area contributed by atoms with E-state index in [2.05, 4.69) is 10.6 Å². The fourth-order valence-corrected chi connectivity index (χ4v) is 7.67. The fourth-order valence-electron chi connectivity index (χ4n) is 5.99. The normalized spacial score (nSPS) is 23.0. The summed E-state index contributed by atoms with van der Waals surface area (Å²) in [6.45, 7) is 0.315. The van der Waals surface area contributed by atoms with Gasteiger partial charge in [-0.1, -0.05) is 42.5 Å². The molecule has 3 aromatic carbocycles. The smallest absolute Gasteiger partial charge is 0.382 e. The number of para-hydroxylation sites is 1. The quantitative estimate of drug-likeness (QED) is 0.373. The average molecular weight is 600 g/mol. The number of likely N-dealkylation sites (tertiary alicyclic amines) is 1. The van der Waals surface area contributed by atoms with E-state index >= 15 is 0 Å². The molecule has 222 valence electrons. The maximum atomic E-state index is 13.5. The Morgan fingerprint density at radius 1 is 0.905 bits per heavy atom. The summed E-state index contributed by atoms with van der Waals surface area (Å²) in [5, 5.41) is 6.09. The van der Waals surface area contributed by atoms with Gasteiger partial charge in [-0.3, -0.25) is 9.59 Å². The molecule has 2 aliphatic rings. The van der Waals surface area contributed by atoms with Crippen molar-refractivity contribution in [2.24, 2.45) is 5.92 Å². The Kier molecular flexibility index (Phi) is 8.58. The number of amides is 2. The summed E-state index contributed by atoms with van der Waals surface area (Å²) in [5.74, 6) is -1.62. The Labute approximate surface area is 243 Å². The van der Waals surface area contributed by atoms with Gasteiger partial charge in [-0.2, -0.15) is 13.2 Å². The van der Waals surface area contributed by atoms with Crippen LogP contribution < -0.4 is 10.6 Å². The Morgan fingerprint density at radius 2 is 1.60 bits per heavy atom. The number of halogens is 3. The van der Waals surface area contributed by atoms with Gasteiger partial charge in [0.25, 0.3) is 5.91 Å². The van der Waals surface area contributed by atoms with Gasteiger partial charge in [-0.05, 0) is 74.1 Å². The number of hydrogen-bond donors (Lipinski definition) is 2. The molecule has 0 unspecified atom stereocenters. The Hall–Kier alpha value is -3.86. The summed E-state index contributed by atoms with van der Waals surface area (Å²) in [6.07, 6.45) is -2.51. The lowest BCUT2D eigenvalue weighted by Crippen LogP contribution is -2.51. The number of nitrogens with zero attached hydrogens (tertiary/aromatic N) is 1. The van der Waals surface area contributed by atoms with Crippen LogP contribution in [0.3, 0.4) is 0 Å². The molecule has 0 bridgehead atoms. The second-order valence-corrected chi connectivity index (χ2v) is 12.9. The van der Waals surface area contributed by atoms with Crippen LogP contribution in [0, 0.1) is 5.92 Å². The van der Waals surface area contributed by atoms with Crippen LogP contribution in [0.1, 0.15) is 41.6 Å². The van der Waals surface area contributed by atoms with Crippen LogP contribution in [-0.2, 0) is 20.8 Å². The van der Waals surface area contributed by atoms with Crippen molar-refractivity contribution in [2.45, 2.75) is 54.9 Å². The zero-order valence-corrected chi connectivity index (χ0v) is 23.6. The van der Waals surface area contributed by atoms with Gasteiger partial charge in [0.05, 0.1) is 16.2 Å². The number of carbonyl (C=O) groups is 2. The Balaban J connectivity index is 1.32. The molecule has 2 fully saturated rings. The number of carbonyl (C=O) groups excluding carboxylic acids is 2. The molecule has 4 atom stereocenters. The summed E-state index contributed by atoms with van der Waals surface area (Å²) in [5.41, 5.74) is -0.200. The summed E-state index contributed by atoms with van der Waals surface area (Å²) in [4.78, 5) is 28.2. The molecule has 0 aromatic heterocycles. The van der Waals surface area contributed by atoms with Crippen LogP contribution in [0.2, 0.25) is 0 Å². The number of alkyl halides is 3. The third kappa shape index (κ3) is 6.78. The Morgan fingerprint density at radius 3 is 2.29 bits per heavy atom. The van der Waals surface area contributed by atoms with Crippen molar-refractivity contribution in [3.05, 3.63) is 96.1 Å². The maximum absolute atomic E-state index is 13.5. The van der Waals surface area contributed by atoms with Crippen molar-refractivity contribution < 1.29 is 31.2 Å². The molecule has 0 radical (unpaired) electrons. The van der Waals surface area contributed by atoms with Crippen LogP contribution in [0.5, 0.6) is 0 Å². The average Bonchev–Trinajstić information content (AvgIpc) is 3.33. The molecule has 42 heavy (non-hydrogen) atoms. The third-order valence-electron chi connectivity index (χ3n) is 8.02. The highest BCUT2D eigenvalue weighted by Gasteiger charge is 2.43. The lowest BCUT2D eigenvalue weighted by atomic mass is 9.81. The molecular weight excluding hydrogens is 567 g/mol. The first-order valence-corrected chi connectivity index (χ1v) is 15.5. The summed E-state index contributed by atoms with van der Waals surface area (Å²) in [6, 6.07) is 20.7. The second-order valence-electron chi connectivity index (χ2n) is 10.9. The molecule has 0 spiro atoms. The number of nitrogens with one attached hydrogen (secondary N) is 2. The van der Waals surface area contributed by atoms with Gasteiger partial charge in [-0.15, -0.1) is 0 Å². The van der Waals surface area contributed by atoms with Gasteiger partial charge in [0.15, 0.2) is 9.84 Å². The van der Waals surface area contributed by atoms with Crippen molar-refractivity contribution in [2.75, 3.05) is 17.6 Å². The molecule has 11 heteroatoms. The minimum absolute atomic E-state index is 0.00809. The number of rotatable bonds is 8. The van der Waals surface area contributed by atoms with Gasteiger partial charge in [0.1, 0.15) is 6.04 Å². The van der Waals surface area contributed by atoms with Gasteiger partial charge in [0.2, 0.25) is 5.91 Å². The van der Waals surface area contributed by atoms with E-state index in [4.69, 9.17) is 0 Å². The van der Waals surface area contributed by atoms with E-state index < -0.39 is 33.5 Å². The summed E-state index contributed by atoms with van der Waals surface area (Å²) >= 11 is 0. The molecule has 3 aromatic rings. The number of benzene rings is 3. The third-order valence-corrected chi connectivity index (χ3v) is 9.88. The molecule has 1 saturated carbocycles. The zero-order chi connectivity index (χ0) is 29.9. The lowest BCUT2D eigenvalue weighted by molar-refractivity contribution is -0.137. The van der Waals surface area contributed by atoms with Crippen LogP contribution in [-0.4, -0.2) is 55.6 Å². The molecule has 2 amide bonds. The molecule has 1 aliphatic carbocycles. The van der Waals surface area contributed by atoms with Crippen LogP contribution in [0.15, 0.2) is 89.8 Å². The van der Waals surface area contributed by atoms with Crippen LogP contribution >= 0.6 is 0 Å². The summed E-state index contributed by atoms with van der Waals surface area (Å²) in [7, 11) is -3.65. The zero-order valence-electron chi connectivity index (χ0n) is 22.8. The van der Waals surface area contributed by atoms with Crippen LogP contribution in [0.25, 0.3) is 0 Å². The molecule has 1 aliphatic heterocycles. The minimum Gasteiger partial charge on any atom is -0.382 e. The Bertz CT molecular complexity index is 1520. The first kappa shape index (κ1) is 29.6. The standard InChI is InChI=1S/C31H32F3N3O4S/c32-31(33,34)23-9-7-8-21(18-23)29(38)36-27-16-17-37(30(27)39)28-15-14-25(35-24-10-3-1-4-11-24)19-22(28)20-42(40,41)26-12-5-2-6-13-26/h1-13,18,22,25,27-28,35H,14-17,19-20H2,(H,36,38)/t22-,25+,27-,28-/m0/s1. The first-order valence-electron chi connectivity index (χ1n) is 13.9. The van der Waals surface area contributed by atoms with Crippen molar-refractivity contribution in [3.63, 3.8) is 0 Å². The minimum atomic E-state index is -4.60. The van der Waals surface area contributed by atoms with Gasteiger partial charge < -0.3 is 15.5 Å². The largest absolute Gasteiger partial charge is 0.416 e. The summed E-state index contributed by atoms with van der Waals surface area (Å²) < 4.78 is 66.2. The monoisotopic (exact) mass is 599 g/mol. The van der Waals surface area contributed by atoms with E-state index in [-0.39, 0.29) is 46.5 Å². The van der Waals surface area contributed by atoms with E-state index in [9.17, 15) is 31.2 Å². The van der Waals surface area contributed by atoms with E-state index in [0.717, 1.165) is 23.9 Å². The van der Waals surface area contributed by atoms with E-state index in [1.807, 2.05) is 30.3 Å². The van der Waals surface area contributed by atoms with Crippen molar-refractivity contribution in [3.8, 4) is 0 Å². The van der Waals surface area contributed by atoms with Gasteiger partial charge in [-0.25, -0.2) is 8.42 Å². The maximum Gasteiger partial charge on any atom is 0.416 e. The van der Waals surface area contributed by atoms with E-state index in [0.29, 0.717) is 25.8 Å². The predicted octanol–water partition coefficient (Wildman–Crippen LogP) is 5.16. The highest BCUT2D eigenvalue weighted by molar-refractivity contribution is 7.91. The predicted molar refractivity (Wildman–Crippen MR) is 153 cm³/mol. The van der Waals surface area contributed by atoms with Crippen molar-refractivity contribution >= 4 is 27.3 Å². The van der Waals surface area contributed by atoms with Crippen LogP contribution in [0.4, 0.5) is 18.9 Å². The molecule has 2 N–H and O–H groups in total. The molecular formula is C31H32F3N3O4S. The van der Waals surface area contributed by atoms with Crippen molar-refractivity contribution in [1.82, 2.24) is 10.2 Å². The highest BCUT2D eigenvalue weighted by atomic mass is 32.2. The lowest BCUT2D eigenvalue weighted by Gasteiger charge is -2.41. The fraction of sp³-hybridized carbons (Fsp3) is 0.355. The van der Waals surface area contributed by atoms with Crippen molar-refractivity contribution in [1.29, 1.82) is 0 Å². The number of hydrogen-bond acceptors (Lipinski definition) is 5. The highest BCUT2D eigenvalue weighted by Crippen LogP contribution is 2.35.